The largest absolute Gasteiger partial charge is 0.395 e. The highest BCUT2D eigenvalue weighted by Gasteiger charge is 2.59. The van der Waals surface area contributed by atoms with Gasteiger partial charge in [0.1, 0.15) is 6.61 Å². The van der Waals surface area contributed by atoms with Crippen LogP contribution < -0.4 is 0 Å². The molecule has 5 heteroatoms. The van der Waals surface area contributed by atoms with E-state index in [-0.39, 0.29) is 0 Å². The Morgan fingerprint density at radius 1 is 1.07 bits per heavy atom. The SMILES string of the molecule is Cc1noc(CCON=C2CC[C@@]3(C)C(CCC4C3CC[C@@]3(C)C4CC[C@@H]3C)C2)n1. The smallest absolute Gasteiger partial charge is 0.230 e. The summed E-state index contributed by atoms with van der Waals surface area (Å²) in [5, 5.41) is 8.35. The summed E-state index contributed by atoms with van der Waals surface area (Å²) >= 11 is 0. The second-order valence-electron chi connectivity index (χ2n) is 11.4. The molecular formula is C25H39N3O2. The Labute approximate surface area is 181 Å². The Balaban J connectivity index is 1.21. The minimum atomic E-state index is 0.510. The second kappa shape index (κ2) is 7.63. The van der Waals surface area contributed by atoms with Crippen LogP contribution in [-0.2, 0) is 11.3 Å². The first-order valence-corrected chi connectivity index (χ1v) is 12.4. The van der Waals surface area contributed by atoms with Crippen molar-refractivity contribution in [1.82, 2.24) is 10.1 Å². The molecule has 30 heavy (non-hydrogen) atoms. The molecule has 0 amide bonds. The maximum atomic E-state index is 5.65. The van der Waals surface area contributed by atoms with Gasteiger partial charge in [0.05, 0.1) is 12.1 Å². The van der Waals surface area contributed by atoms with Crippen molar-refractivity contribution in [3.05, 3.63) is 11.7 Å². The van der Waals surface area contributed by atoms with E-state index in [4.69, 9.17) is 9.36 Å². The summed E-state index contributed by atoms with van der Waals surface area (Å²) in [4.78, 5) is 9.87. The number of oxime groups is 1. The number of hydrogen-bond acceptors (Lipinski definition) is 5. The van der Waals surface area contributed by atoms with Crippen LogP contribution in [0.25, 0.3) is 0 Å². The predicted molar refractivity (Wildman–Crippen MR) is 117 cm³/mol. The van der Waals surface area contributed by atoms with Crippen LogP contribution in [0, 0.1) is 47.3 Å². The number of fused-ring (bicyclic) bond motifs is 5. The zero-order valence-corrected chi connectivity index (χ0v) is 19.3. The van der Waals surface area contributed by atoms with Crippen molar-refractivity contribution in [3.8, 4) is 0 Å². The third-order valence-corrected chi connectivity index (χ3v) is 10.1. The van der Waals surface area contributed by atoms with Crippen molar-refractivity contribution < 1.29 is 9.36 Å². The van der Waals surface area contributed by atoms with Gasteiger partial charge in [-0.1, -0.05) is 31.1 Å². The molecule has 1 heterocycles. The van der Waals surface area contributed by atoms with Gasteiger partial charge in [-0.2, -0.15) is 4.98 Å². The highest BCUT2D eigenvalue weighted by molar-refractivity contribution is 5.85. The van der Waals surface area contributed by atoms with Crippen molar-refractivity contribution in [2.24, 2.45) is 45.6 Å². The molecule has 4 aliphatic rings. The Morgan fingerprint density at radius 2 is 1.90 bits per heavy atom. The van der Waals surface area contributed by atoms with Gasteiger partial charge in [-0.25, -0.2) is 0 Å². The van der Waals surface area contributed by atoms with Gasteiger partial charge >= 0.3 is 0 Å². The molecule has 166 valence electrons. The average molecular weight is 414 g/mol. The first kappa shape index (κ1) is 20.5. The van der Waals surface area contributed by atoms with E-state index < -0.39 is 0 Å². The Kier molecular flexibility index (Phi) is 5.22. The van der Waals surface area contributed by atoms with Crippen LogP contribution in [0.2, 0.25) is 0 Å². The molecule has 4 aliphatic carbocycles. The second-order valence-corrected chi connectivity index (χ2v) is 11.4. The van der Waals surface area contributed by atoms with Crippen LogP contribution in [0.1, 0.15) is 90.3 Å². The van der Waals surface area contributed by atoms with Gasteiger partial charge in [0.15, 0.2) is 5.82 Å². The third kappa shape index (κ3) is 3.31. The van der Waals surface area contributed by atoms with Crippen LogP contribution in [0.5, 0.6) is 0 Å². The van der Waals surface area contributed by atoms with E-state index in [1.54, 1.807) is 0 Å². The van der Waals surface area contributed by atoms with E-state index >= 15 is 0 Å². The molecule has 5 nitrogen and oxygen atoms in total. The first-order valence-electron chi connectivity index (χ1n) is 12.4. The van der Waals surface area contributed by atoms with Gasteiger partial charge in [-0.15, -0.1) is 0 Å². The van der Waals surface area contributed by atoms with Gasteiger partial charge in [0, 0.05) is 0 Å². The quantitative estimate of drug-likeness (QED) is 0.450. The molecule has 7 atom stereocenters. The maximum absolute atomic E-state index is 5.65. The zero-order valence-electron chi connectivity index (χ0n) is 19.3. The van der Waals surface area contributed by atoms with Gasteiger partial charge in [0.2, 0.25) is 5.89 Å². The lowest BCUT2D eigenvalue weighted by Crippen LogP contribution is -2.53. The van der Waals surface area contributed by atoms with Crippen molar-refractivity contribution in [1.29, 1.82) is 0 Å². The molecule has 0 saturated heterocycles. The number of rotatable bonds is 4. The molecule has 4 unspecified atom stereocenters. The van der Waals surface area contributed by atoms with E-state index in [0.29, 0.717) is 35.6 Å². The third-order valence-electron chi connectivity index (χ3n) is 10.1. The highest BCUT2D eigenvalue weighted by atomic mass is 16.6. The van der Waals surface area contributed by atoms with Gasteiger partial charge in [-0.3, -0.25) is 0 Å². The summed E-state index contributed by atoms with van der Waals surface area (Å²) in [5.41, 5.74) is 2.40. The lowest BCUT2D eigenvalue weighted by molar-refractivity contribution is -0.0994. The predicted octanol–water partition coefficient (Wildman–Crippen LogP) is 5.97. The molecule has 0 aromatic carbocycles. The Morgan fingerprint density at radius 3 is 2.70 bits per heavy atom. The minimum Gasteiger partial charge on any atom is -0.395 e. The van der Waals surface area contributed by atoms with Gasteiger partial charge in [-0.05, 0) is 105 Å². The first-order chi connectivity index (χ1) is 14.4. The molecule has 5 rings (SSSR count). The lowest BCUT2D eigenvalue weighted by Gasteiger charge is -2.60. The van der Waals surface area contributed by atoms with Crippen LogP contribution in [0.4, 0.5) is 0 Å². The molecular weight excluding hydrogens is 374 g/mol. The fourth-order valence-corrected chi connectivity index (χ4v) is 8.12. The monoisotopic (exact) mass is 413 g/mol. The summed E-state index contributed by atoms with van der Waals surface area (Å²) in [6.45, 7) is 10.1. The summed E-state index contributed by atoms with van der Waals surface area (Å²) in [6, 6.07) is 0. The highest BCUT2D eigenvalue weighted by Crippen LogP contribution is 2.67. The van der Waals surface area contributed by atoms with E-state index in [9.17, 15) is 0 Å². The van der Waals surface area contributed by atoms with E-state index in [0.717, 1.165) is 42.4 Å². The topological polar surface area (TPSA) is 60.5 Å². The molecule has 1 aromatic heterocycles. The van der Waals surface area contributed by atoms with Crippen LogP contribution in [-0.4, -0.2) is 22.5 Å². The maximum Gasteiger partial charge on any atom is 0.230 e. The molecule has 4 saturated carbocycles. The van der Waals surface area contributed by atoms with Crippen molar-refractivity contribution in [3.63, 3.8) is 0 Å². The van der Waals surface area contributed by atoms with Crippen LogP contribution in [0.3, 0.4) is 0 Å². The van der Waals surface area contributed by atoms with Gasteiger partial charge in [0.25, 0.3) is 0 Å². The minimum absolute atomic E-state index is 0.510. The van der Waals surface area contributed by atoms with Crippen LogP contribution in [0.15, 0.2) is 9.68 Å². The Hall–Kier alpha value is -1.39. The summed E-state index contributed by atoms with van der Waals surface area (Å²) in [6.07, 6.45) is 12.9. The van der Waals surface area contributed by atoms with E-state index in [1.165, 1.54) is 50.7 Å². The number of nitrogens with zero attached hydrogens (tertiary/aromatic N) is 3. The van der Waals surface area contributed by atoms with Crippen molar-refractivity contribution >= 4 is 5.71 Å². The summed E-state index contributed by atoms with van der Waals surface area (Å²) in [5.74, 6) is 5.91. The van der Waals surface area contributed by atoms with E-state index in [1.807, 2.05) is 6.92 Å². The number of hydrogen-bond donors (Lipinski definition) is 0. The average Bonchev–Trinajstić information content (AvgIpc) is 3.28. The molecule has 0 N–H and O–H groups in total. The fourth-order valence-electron chi connectivity index (χ4n) is 8.12. The van der Waals surface area contributed by atoms with Gasteiger partial charge < -0.3 is 9.36 Å². The molecule has 0 bridgehead atoms. The normalized spacial score (nSPS) is 44.4. The van der Waals surface area contributed by atoms with Crippen LogP contribution >= 0.6 is 0 Å². The number of aromatic nitrogens is 2. The standard InChI is InChI=1S/C25H39N3O2/c1-16-5-8-21-20-7-6-18-15-19(28-29-14-11-23-26-17(2)27-30-23)9-12-25(18,4)22(20)10-13-24(16,21)3/h16,18,20-22H,5-15H2,1-4H3/t16-,18?,20?,21?,22?,24+,25-/m0/s1. The van der Waals surface area contributed by atoms with E-state index in [2.05, 4.69) is 36.1 Å². The Bertz CT molecular complexity index is 804. The molecule has 0 aliphatic heterocycles. The van der Waals surface area contributed by atoms with Crippen molar-refractivity contribution in [2.45, 2.75) is 91.9 Å². The summed E-state index contributed by atoms with van der Waals surface area (Å²) in [7, 11) is 0. The molecule has 1 aromatic rings. The summed E-state index contributed by atoms with van der Waals surface area (Å²) < 4.78 is 5.14. The van der Waals surface area contributed by atoms with Crippen molar-refractivity contribution in [2.75, 3.05) is 6.61 Å². The molecule has 0 radical (unpaired) electrons. The number of aryl methyl sites for hydroxylation is 1. The lowest BCUT2D eigenvalue weighted by atomic mass is 9.45. The zero-order chi connectivity index (χ0) is 20.9. The molecule has 0 spiro atoms. The molecule has 4 fully saturated rings. The fraction of sp³-hybridized carbons (Fsp3) is 0.880.